The van der Waals surface area contributed by atoms with Gasteiger partial charge in [-0.05, 0) is 17.7 Å². The van der Waals surface area contributed by atoms with Crippen LogP contribution in [0.4, 0.5) is 16.4 Å². The second-order valence-electron chi connectivity index (χ2n) is 4.00. The van der Waals surface area contributed by atoms with Gasteiger partial charge < -0.3 is 5.32 Å². The minimum absolute atomic E-state index is 0.0149. The summed E-state index contributed by atoms with van der Waals surface area (Å²) in [6.45, 7) is 0.219. The van der Waals surface area contributed by atoms with Gasteiger partial charge in [0.25, 0.3) is 5.69 Å². The predicted molar refractivity (Wildman–Crippen MR) is 76.1 cm³/mol. The van der Waals surface area contributed by atoms with E-state index in [1.54, 1.807) is 5.38 Å². The highest BCUT2D eigenvalue weighted by atomic mass is 32.1. The van der Waals surface area contributed by atoms with E-state index in [9.17, 15) is 20.2 Å². The molecular weight excluding hydrogens is 296 g/mol. The van der Waals surface area contributed by atoms with Gasteiger partial charge in [-0.2, -0.15) is 5.26 Å². The van der Waals surface area contributed by atoms with E-state index < -0.39 is 9.85 Å². The topological polar surface area (TPSA) is 122 Å². The molecule has 21 heavy (non-hydrogen) atoms. The van der Waals surface area contributed by atoms with E-state index >= 15 is 0 Å². The quantitative estimate of drug-likeness (QED) is 0.669. The van der Waals surface area contributed by atoms with Crippen LogP contribution < -0.4 is 5.32 Å². The zero-order valence-corrected chi connectivity index (χ0v) is 11.3. The minimum Gasteiger partial charge on any atom is -0.375 e. The summed E-state index contributed by atoms with van der Waals surface area (Å²) >= 11 is 0.993. The van der Waals surface area contributed by atoms with Crippen molar-refractivity contribution < 1.29 is 9.85 Å². The van der Waals surface area contributed by atoms with E-state index in [0.29, 0.717) is 5.56 Å². The molecule has 0 fully saturated rings. The number of anilines is 1. The van der Waals surface area contributed by atoms with Crippen molar-refractivity contribution in [3.8, 4) is 6.07 Å². The largest absolute Gasteiger partial charge is 0.375 e. The van der Waals surface area contributed by atoms with E-state index in [4.69, 9.17) is 5.26 Å². The van der Waals surface area contributed by atoms with Crippen LogP contribution in [0.2, 0.25) is 0 Å². The Morgan fingerprint density at radius 3 is 2.57 bits per heavy atom. The fourth-order valence-corrected chi connectivity index (χ4v) is 2.38. The van der Waals surface area contributed by atoms with E-state index in [1.165, 1.54) is 24.3 Å². The Morgan fingerprint density at radius 2 is 2.00 bits per heavy atom. The highest BCUT2D eigenvalue weighted by molar-refractivity contribution is 7.13. The SMILES string of the molecule is N#Cc1ccc(NCc2csc([N+](=O)[O-])c2)c([N+](=O)[O-])c1. The molecule has 0 aliphatic heterocycles. The lowest BCUT2D eigenvalue weighted by Crippen LogP contribution is -2.02. The lowest BCUT2D eigenvalue weighted by Gasteiger charge is -2.05. The molecule has 0 atom stereocenters. The van der Waals surface area contributed by atoms with Crippen molar-refractivity contribution in [2.75, 3.05) is 5.32 Å². The third-order valence-corrected chi connectivity index (χ3v) is 3.56. The predicted octanol–water partition coefficient (Wildman–Crippen LogP) is 3.05. The number of nitriles is 1. The van der Waals surface area contributed by atoms with E-state index in [-0.39, 0.29) is 28.5 Å². The van der Waals surface area contributed by atoms with Crippen LogP contribution in [-0.2, 0) is 6.54 Å². The monoisotopic (exact) mass is 304 g/mol. The molecule has 1 heterocycles. The first-order valence-corrected chi connectivity index (χ1v) is 6.53. The molecule has 0 aliphatic carbocycles. The molecule has 0 radical (unpaired) electrons. The smallest absolute Gasteiger partial charge is 0.324 e. The zero-order valence-electron chi connectivity index (χ0n) is 10.5. The summed E-state index contributed by atoms with van der Waals surface area (Å²) in [4.78, 5) is 20.5. The van der Waals surface area contributed by atoms with E-state index in [1.807, 2.05) is 6.07 Å². The molecule has 2 rings (SSSR count). The second-order valence-corrected chi connectivity index (χ2v) is 4.89. The number of nitrogens with zero attached hydrogens (tertiary/aromatic N) is 3. The van der Waals surface area contributed by atoms with Crippen LogP contribution >= 0.6 is 11.3 Å². The van der Waals surface area contributed by atoms with Gasteiger partial charge in [-0.3, -0.25) is 20.2 Å². The molecular formula is C12H8N4O4S. The minimum atomic E-state index is -0.584. The Labute approximate surface area is 122 Å². The van der Waals surface area contributed by atoms with Crippen LogP contribution in [-0.4, -0.2) is 9.85 Å². The second kappa shape index (κ2) is 5.98. The first-order chi connectivity index (χ1) is 10.0. The third kappa shape index (κ3) is 3.31. The number of hydrogen-bond acceptors (Lipinski definition) is 7. The zero-order chi connectivity index (χ0) is 15.4. The van der Waals surface area contributed by atoms with Gasteiger partial charge in [0.2, 0.25) is 0 Å². The lowest BCUT2D eigenvalue weighted by atomic mass is 10.2. The number of nitro groups is 2. The number of nitro benzene ring substituents is 1. The van der Waals surface area contributed by atoms with Crippen molar-refractivity contribution in [1.82, 2.24) is 0 Å². The lowest BCUT2D eigenvalue weighted by molar-refractivity contribution is -0.384. The van der Waals surface area contributed by atoms with Gasteiger partial charge in [0.1, 0.15) is 5.69 Å². The molecule has 2 aromatic rings. The number of benzene rings is 1. The van der Waals surface area contributed by atoms with Crippen molar-refractivity contribution in [1.29, 1.82) is 5.26 Å². The van der Waals surface area contributed by atoms with Gasteiger partial charge >= 0.3 is 5.00 Å². The maximum absolute atomic E-state index is 11.0. The van der Waals surface area contributed by atoms with Crippen molar-refractivity contribution in [3.63, 3.8) is 0 Å². The summed E-state index contributed by atoms with van der Waals surface area (Å²) in [5, 5.41) is 34.8. The van der Waals surface area contributed by atoms with Crippen molar-refractivity contribution >= 4 is 27.7 Å². The average molecular weight is 304 g/mol. The van der Waals surface area contributed by atoms with Crippen molar-refractivity contribution in [2.24, 2.45) is 0 Å². The first-order valence-electron chi connectivity index (χ1n) is 5.65. The van der Waals surface area contributed by atoms with Crippen LogP contribution in [0.3, 0.4) is 0 Å². The highest BCUT2D eigenvalue weighted by Gasteiger charge is 2.15. The summed E-state index contributed by atoms with van der Waals surface area (Å²) in [7, 11) is 0. The molecule has 8 nitrogen and oxygen atoms in total. The normalized spacial score (nSPS) is 9.86. The van der Waals surface area contributed by atoms with Crippen LogP contribution in [0.5, 0.6) is 0 Å². The van der Waals surface area contributed by atoms with Crippen molar-refractivity contribution in [2.45, 2.75) is 6.54 Å². The molecule has 0 bridgehead atoms. The Hall–Kier alpha value is -2.99. The average Bonchev–Trinajstić information content (AvgIpc) is 2.94. The summed E-state index contributed by atoms with van der Waals surface area (Å²) in [6.07, 6.45) is 0. The van der Waals surface area contributed by atoms with Crippen LogP contribution in [0.15, 0.2) is 29.6 Å². The molecule has 0 unspecified atom stereocenters. The van der Waals surface area contributed by atoms with Crippen molar-refractivity contribution in [3.05, 3.63) is 61.0 Å². The molecule has 106 valence electrons. The molecule has 9 heteroatoms. The standard InChI is InChI=1S/C12H8N4O4S/c13-5-8-1-2-10(11(3-8)15(17)18)14-6-9-4-12(16(19)20)21-7-9/h1-4,7,14H,6H2. The Balaban J connectivity index is 2.17. The Kier molecular flexibility index (Phi) is 4.10. The molecule has 0 saturated carbocycles. The van der Waals surface area contributed by atoms with Gasteiger partial charge in [-0.15, -0.1) is 0 Å². The first kappa shape index (κ1) is 14.4. The maximum Gasteiger partial charge on any atom is 0.324 e. The summed E-state index contributed by atoms with van der Waals surface area (Å²) < 4.78 is 0. The molecule has 1 aromatic heterocycles. The number of rotatable bonds is 5. The highest BCUT2D eigenvalue weighted by Crippen LogP contribution is 2.27. The van der Waals surface area contributed by atoms with Crippen LogP contribution in [0.1, 0.15) is 11.1 Å². The van der Waals surface area contributed by atoms with Crippen LogP contribution in [0.25, 0.3) is 0 Å². The molecule has 0 amide bonds. The molecule has 1 aromatic carbocycles. The van der Waals surface area contributed by atoms with Gasteiger partial charge in [0.15, 0.2) is 0 Å². The fraction of sp³-hybridized carbons (Fsp3) is 0.0833. The van der Waals surface area contributed by atoms with Gasteiger partial charge in [-0.1, -0.05) is 11.3 Å². The Morgan fingerprint density at radius 1 is 1.24 bits per heavy atom. The van der Waals surface area contributed by atoms with E-state index in [0.717, 1.165) is 11.3 Å². The molecule has 0 aliphatic rings. The number of thiophene rings is 1. The van der Waals surface area contributed by atoms with Gasteiger partial charge in [0.05, 0.1) is 21.5 Å². The summed E-state index contributed by atoms with van der Waals surface area (Å²) in [6, 6.07) is 7.33. The number of nitrogens with one attached hydrogen (secondary N) is 1. The van der Waals surface area contributed by atoms with Gasteiger partial charge in [-0.25, -0.2) is 0 Å². The van der Waals surface area contributed by atoms with Gasteiger partial charge in [0, 0.05) is 24.1 Å². The number of hydrogen-bond donors (Lipinski definition) is 1. The molecule has 0 saturated heterocycles. The maximum atomic E-state index is 11.0. The summed E-state index contributed by atoms with van der Waals surface area (Å²) in [5.74, 6) is 0. The van der Waals surface area contributed by atoms with Crippen LogP contribution in [0, 0.1) is 31.6 Å². The fourth-order valence-electron chi connectivity index (χ4n) is 1.65. The summed E-state index contributed by atoms with van der Waals surface area (Å²) in [5.41, 5.74) is 0.899. The van der Waals surface area contributed by atoms with E-state index in [2.05, 4.69) is 5.32 Å². The molecule has 0 spiro atoms. The Bertz CT molecular complexity index is 750. The molecule has 1 N–H and O–H groups in total. The third-order valence-electron chi connectivity index (χ3n) is 2.63.